The lowest BCUT2D eigenvalue weighted by Crippen LogP contribution is -2.40. The van der Waals surface area contributed by atoms with Crippen LogP contribution in [0.1, 0.15) is 43.1 Å². The van der Waals surface area contributed by atoms with Crippen molar-refractivity contribution in [2.75, 3.05) is 6.61 Å². The van der Waals surface area contributed by atoms with Gasteiger partial charge in [-0.15, -0.1) is 11.3 Å². The maximum absolute atomic E-state index is 12.5. The molecule has 0 saturated carbocycles. The third-order valence-electron chi connectivity index (χ3n) is 2.91. The zero-order valence-electron chi connectivity index (χ0n) is 10.5. The minimum atomic E-state index is -4.42. The van der Waals surface area contributed by atoms with Gasteiger partial charge in [0, 0.05) is 17.7 Å². The normalized spacial score (nSPS) is 17.5. The van der Waals surface area contributed by atoms with Crippen molar-refractivity contribution >= 4 is 11.3 Å². The average Bonchev–Trinajstić information content (AvgIpc) is 2.77. The van der Waals surface area contributed by atoms with Crippen LogP contribution < -0.4 is 5.73 Å². The van der Waals surface area contributed by atoms with E-state index in [9.17, 15) is 13.2 Å². The maximum Gasteiger partial charge on any atom is 0.443 e. The van der Waals surface area contributed by atoms with E-state index in [4.69, 9.17) is 10.5 Å². The second-order valence-corrected chi connectivity index (χ2v) is 5.20. The van der Waals surface area contributed by atoms with Gasteiger partial charge in [0.25, 0.3) is 0 Å². The fourth-order valence-corrected chi connectivity index (χ4v) is 2.53. The molecule has 0 spiro atoms. The highest BCUT2D eigenvalue weighted by atomic mass is 32.1. The predicted octanol–water partition coefficient (Wildman–Crippen LogP) is 3.37. The van der Waals surface area contributed by atoms with Crippen molar-refractivity contribution in [1.29, 1.82) is 0 Å². The Morgan fingerprint density at radius 1 is 1.44 bits per heavy atom. The van der Waals surface area contributed by atoms with E-state index in [1.165, 1.54) is 6.20 Å². The molecule has 0 saturated heterocycles. The first-order valence-electron chi connectivity index (χ1n) is 5.67. The number of nitrogens with zero attached hydrogens (tertiary/aromatic N) is 1. The largest absolute Gasteiger partial charge is 0.443 e. The second-order valence-electron chi connectivity index (χ2n) is 4.14. The van der Waals surface area contributed by atoms with Crippen molar-refractivity contribution in [3.8, 4) is 0 Å². The number of hydrogen-bond acceptors (Lipinski definition) is 4. The van der Waals surface area contributed by atoms with Gasteiger partial charge in [-0.25, -0.2) is 4.98 Å². The molecule has 0 bridgehead atoms. The maximum atomic E-state index is 12.5. The fourth-order valence-electron chi connectivity index (χ4n) is 1.60. The first kappa shape index (κ1) is 15.4. The van der Waals surface area contributed by atoms with Crippen LogP contribution in [0.5, 0.6) is 0 Å². The Morgan fingerprint density at radius 3 is 2.44 bits per heavy atom. The summed E-state index contributed by atoms with van der Waals surface area (Å²) in [4.78, 5) is 3.76. The standard InChI is InChI=1S/C11H17F3N2OS/c1-4-10(3,17-5-2)8(15)7-6-16-9(18-7)11(12,13)14/h6,8H,4-5,15H2,1-3H3. The summed E-state index contributed by atoms with van der Waals surface area (Å²) in [5.74, 6) is 0. The number of nitrogens with two attached hydrogens (primary N) is 1. The van der Waals surface area contributed by atoms with Crippen molar-refractivity contribution in [2.24, 2.45) is 5.73 Å². The highest BCUT2D eigenvalue weighted by Crippen LogP contribution is 2.38. The van der Waals surface area contributed by atoms with E-state index in [2.05, 4.69) is 4.98 Å². The number of rotatable bonds is 5. The van der Waals surface area contributed by atoms with Gasteiger partial charge in [-0.3, -0.25) is 0 Å². The molecule has 1 heterocycles. The van der Waals surface area contributed by atoms with Crippen LogP contribution in [0.3, 0.4) is 0 Å². The number of aromatic nitrogens is 1. The molecule has 0 aliphatic rings. The van der Waals surface area contributed by atoms with E-state index in [0.717, 1.165) is 0 Å². The molecule has 3 nitrogen and oxygen atoms in total. The van der Waals surface area contributed by atoms with Crippen LogP contribution >= 0.6 is 11.3 Å². The Balaban J connectivity index is 2.96. The van der Waals surface area contributed by atoms with E-state index in [-0.39, 0.29) is 0 Å². The predicted molar refractivity (Wildman–Crippen MR) is 64.4 cm³/mol. The van der Waals surface area contributed by atoms with Gasteiger partial charge in [-0.05, 0) is 20.3 Å². The SMILES string of the molecule is CCOC(C)(CC)C(N)c1cnc(C(F)(F)F)s1. The third kappa shape index (κ3) is 3.21. The molecule has 0 fully saturated rings. The number of ether oxygens (including phenoxy) is 1. The van der Waals surface area contributed by atoms with Gasteiger partial charge in [0.15, 0.2) is 5.01 Å². The molecule has 2 N–H and O–H groups in total. The van der Waals surface area contributed by atoms with Crippen LogP contribution in [0.15, 0.2) is 6.20 Å². The van der Waals surface area contributed by atoms with Crippen molar-refractivity contribution in [3.05, 3.63) is 16.1 Å². The van der Waals surface area contributed by atoms with Gasteiger partial charge in [-0.1, -0.05) is 6.92 Å². The zero-order valence-corrected chi connectivity index (χ0v) is 11.4. The first-order chi connectivity index (χ1) is 8.24. The van der Waals surface area contributed by atoms with E-state index < -0.39 is 22.8 Å². The van der Waals surface area contributed by atoms with Gasteiger partial charge >= 0.3 is 6.18 Å². The quantitative estimate of drug-likeness (QED) is 0.900. The molecule has 18 heavy (non-hydrogen) atoms. The number of thiazole rings is 1. The smallest absolute Gasteiger partial charge is 0.374 e. The Kier molecular flexibility index (Phi) is 4.74. The van der Waals surface area contributed by atoms with Crippen LogP contribution in [-0.2, 0) is 10.9 Å². The van der Waals surface area contributed by atoms with Gasteiger partial charge in [-0.2, -0.15) is 13.2 Å². The fraction of sp³-hybridized carbons (Fsp3) is 0.727. The molecule has 1 aromatic rings. The molecule has 2 unspecified atom stereocenters. The minimum absolute atomic E-state index is 0.389. The Labute approximate surface area is 108 Å². The Morgan fingerprint density at radius 2 is 2.06 bits per heavy atom. The van der Waals surface area contributed by atoms with E-state index >= 15 is 0 Å². The molecule has 0 amide bonds. The van der Waals surface area contributed by atoms with Crippen LogP contribution in [0, 0.1) is 0 Å². The van der Waals surface area contributed by atoms with Gasteiger partial charge in [0.1, 0.15) is 0 Å². The summed E-state index contributed by atoms with van der Waals surface area (Å²) >= 11 is 0.575. The Bertz CT molecular complexity index is 394. The second kappa shape index (κ2) is 5.54. The van der Waals surface area contributed by atoms with Crippen molar-refractivity contribution in [2.45, 2.75) is 45.0 Å². The summed E-state index contributed by atoms with van der Waals surface area (Å²) in [6.07, 6.45) is -2.62. The molecule has 0 aliphatic heterocycles. The van der Waals surface area contributed by atoms with Gasteiger partial charge < -0.3 is 10.5 Å². The lowest BCUT2D eigenvalue weighted by Gasteiger charge is -2.33. The molecule has 2 atom stereocenters. The van der Waals surface area contributed by atoms with Crippen LogP contribution in [-0.4, -0.2) is 17.2 Å². The van der Waals surface area contributed by atoms with Gasteiger partial charge in [0.05, 0.1) is 11.6 Å². The lowest BCUT2D eigenvalue weighted by atomic mass is 9.93. The highest BCUT2D eigenvalue weighted by Gasteiger charge is 2.38. The summed E-state index contributed by atoms with van der Waals surface area (Å²) in [7, 11) is 0. The summed E-state index contributed by atoms with van der Waals surface area (Å²) in [5, 5.41) is -0.872. The van der Waals surface area contributed by atoms with E-state index in [1.54, 1.807) is 6.92 Å². The zero-order chi connectivity index (χ0) is 14.0. The monoisotopic (exact) mass is 282 g/mol. The van der Waals surface area contributed by atoms with Crippen LogP contribution in [0.2, 0.25) is 0 Å². The van der Waals surface area contributed by atoms with Crippen molar-refractivity contribution in [1.82, 2.24) is 4.98 Å². The van der Waals surface area contributed by atoms with Crippen LogP contribution in [0.4, 0.5) is 13.2 Å². The number of halogens is 3. The molecular formula is C11H17F3N2OS. The first-order valence-corrected chi connectivity index (χ1v) is 6.48. The van der Waals surface area contributed by atoms with Gasteiger partial charge in [0.2, 0.25) is 0 Å². The third-order valence-corrected chi connectivity index (χ3v) is 4.03. The van der Waals surface area contributed by atoms with E-state index in [1.807, 2.05) is 13.8 Å². The topological polar surface area (TPSA) is 48.1 Å². The van der Waals surface area contributed by atoms with Crippen molar-refractivity contribution < 1.29 is 17.9 Å². The summed E-state index contributed by atoms with van der Waals surface area (Å²) < 4.78 is 43.0. The molecule has 0 aliphatic carbocycles. The van der Waals surface area contributed by atoms with Crippen molar-refractivity contribution in [3.63, 3.8) is 0 Å². The molecule has 1 rings (SSSR count). The molecule has 0 aromatic carbocycles. The lowest BCUT2D eigenvalue weighted by molar-refractivity contribution is -0.137. The number of alkyl halides is 3. The Hall–Kier alpha value is -0.660. The number of hydrogen-bond donors (Lipinski definition) is 1. The highest BCUT2D eigenvalue weighted by molar-refractivity contribution is 7.11. The summed E-state index contributed by atoms with van der Waals surface area (Å²) in [5.41, 5.74) is 5.33. The molecule has 1 aromatic heterocycles. The molecule has 0 radical (unpaired) electrons. The van der Waals surface area contributed by atoms with Crippen LogP contribution in [0.25, 0.3) is 0 Å². The summed E-state index contributed by atoms with van der Waals surface area (Å²) in [6, 6.07) is -0.615. The molecule has 7 heteroatoms. The van der Waals surface area contributed by atoms with E-state index in [0.29, 0.717) is 29.2 Å². The minimum Gasteiger partial charge on any atom is -0.374 e. The molecular weight excluding hydrogens is 265 g/mol. The average molecular weight is 282 g/mol. The molecule has 104 valence electrons. The summed E-state index contributed by atoms with van der Waals surface area (Å²) in [6.45, 7) is 5.98.